The van der Waals surface area contributed by atoms with Crippen LogP contribution >= 0.6 is 0 Å². The molecule has 0 saturated carbocycles. The van der Waals surface area contributed by atoms with Gasteiger partial charge in [0.05, 0.1) is 5.56 Å². The van der Waals surface area contributed by atoms with E-state index in [0.29, 0.717) is 55.6 Å². The first-order valence-electron chi connectivity index (χ1n) is 11.7. The van der Waals surface area contributed by atoms with Gasteiger partial charge in [0.25, 0.3) is 5.91 Å². The molecular weight excluding hydrogens is 476 g/mol. The highest BCUT2D eigenvalue weighted by molar-refractivity contribution is 5.97. The molecule has 0 unspecified atom stereocenters. The first-order chi connectivity index (χ1) is 17.2. The Hall–Kier alpha value is -3.66. The Labute approximate surface area is 204 Å². The summed E-state index contributed by atoms with van der Waals surface area (Å²) in [6, 6.07) is 9.99. The number of carbonyl (C=O) groups excluding carboxylic acids is 1. The minimum absolute atomic E-state index is 0.00331. The van der Waals surface area contributed by atoms with E-state index in [1.807, 2.05) is 0 Å². The number of halogens is 4. The normalized spacial score (nSPS) is 16.4. The zero-order chi connectivity index (χ0) is 25.4. The van der Waals surface area contributed by atoms with Crippen LogP contribution in [0.3, 0.4) is 0 Å². The summed E-state index contributed by atoms with van der Waals surface area (Å²) in [7, 11) is 0. The highest BCUT2D eigenvalue weighted by Gasteiger charge is 2.36. The van der Waals surface area contributed by atoms with Crippen molar-refractivity contribution in [2.75, 3.05) is 25.4 Å². The molecule has 6 nitrogen and oxygen atoms in total. The zero-order valence-electron chi connectivity index (χ0n) is 19.2. The lowest BCUT2D eigenvalue weighted by atomic mass is 9.93. The fraction of sp³-hybridized carbons (Fsp3) is 0.308. The molecule has 1 saturated heterocycles. The molecule has 4 N–H and O–H groups in total. The molecule has 0 spiro atoms. The smallest absolute Gasteiger partial charge is 0.419 e. The number of amides is 1. The van der Waals surface area contributed by atoms with Gasteiger partial charge in [0, 0.05) is 23.2 Å². The fourth-order valence-corrected chi connectivity index (χ4v) is 4.65. The number of nitrogens with zero attached hydrogens (tertiary/aromatic N) is 1. The van der Waals surface area contributed by atoms with E-state index in [1.54, 1.807) is 18.2 Å². The maximum atomic E-state index is 14.9. The molecule has 3 heterocycles. The van der Waals surface area contributed by atoms with Crippen molar-refractivity contribution in [3.63, 3.8) is 0 Å². The highest BCUT2D eigenvalue weighted by Crippen LogP contribution is 2.41. The number of carbonyl (C=O) groups is 1. The van der Waals surface area contributed by atoms with Gasteiger partial charge in [0.2, 0.25) is 5.95 Å². The molecular formula is C26H24F4N4O2. The number of alkyl halides is 3. The first-order valence-corrected chi connectivity index (χ1v) is 11.7. The van der Waals surface area contributed by atoms with Gasteiger partial charge in [-0.25, -0.2) is 4.98 Å². The molecule has 2 aliphatic heterocycles. The predicted octanol–water partition coefficient (Wildman–Crippen LogP) is 4.57. The molecule has 1 amide bonds. The summed E-state index contributed by atoms with van der Waals surface area (Å²) >= 11 is 0. The van der Waals surface area contributed by atoms with Crippen LogP contribution in [-0.2, 0) is 12.6 Å². The number of benzene rings is 2. The van der Waals surface area contributed by atoms with E-state index in [2.05, 4.69) is 15.6 Å². The Morgan fingerprint density at radius 1 is 0.944 bits per heavy atom. The second kappa shape index (κ2) is 9.42. The van der Waals surface area contributed by atoms with E-state index >= 15 is 0 Å². The Kier molecular flexibility index (Phi) is 6.29. The summed E-state index contributed by atoms with van der Waals surface area (Å²) in [5.41, 5.74) is 7.21. The third kappa shape index (κ3) is 4.73. The highest BCUT2D eigenvalue weighted by atomic mass is 19.4. The lowest BCUT2D eigenvalue weighted by Crippen LogP contribution is -2.34. The number of aromatic nitrogens is 1. The lowest BCUT2D eigenvalue weighted by molar-refractivity contribution is -0.139. The molecule has 1 fully saturated rings. The first kappa shape index (κ1) is 24.1. The van der Waals surface area contributed by atoms with Crippen LogP contribution in [0.2, 0.25) is 0 Å². The number of ether oxygens (including phenoxy) is 1. The summed E-state index contributed by atoms with van der Waals surface area (Å²) in [6.07, 6.45) is -3.21. The van der Waals surface area contributed by atoms with Crippen molar-refractivity contribution in [2.45, 2.75) is 31.5 Å². The number of hydrogen-bond acceptors (Lipinski definition) is 5. The third-order valence-electron chi connectivity index (χ3n) is 6.52. The van der Waals surface area contributed by atoms with Crippen LogP contribution in [0, 0.1) is 5.95 Å². The average Bonchev–Trinajstić information content (AvgIpc) is 2.84. The molecule has 188 valence electrons. The number of nitrogen functional groups attached to an aromatic ring is 1. The standard InChI is InChI=1S/C26H24F4N4O2/c27-23-19(13-20(24(31)34-23)14-1-3-18-16(11-14)5-10-33-25(18)35)15-2-4-22(21(12-15)26(28,29)30)36-17-6-8-32-9-7-17/h1-4,11-13,17,32H,5-10H2,(H2,31,34)(H,33,35). The number of pyridine rings is 1. The molecule has 1 aromatic heterocycles. The van der Waals surface area contributed by atoms with E-state index in [9.17, 15) is 22.4 Å². The van der Waals surface area contributed by atoms with Crippen LogP contribution in [-0.4, -0.2) is 36.6 Å². The van der Waals surface area contributed by atoms with Crippen molar-refractivity contribution in [3.8, 4) is 28.0 Å². The molecule has 0 radical (unpaired) electrons. The molecule has 2 aliphatic rings. The molecule has 0 bridgehead atoms. The summed E-state index contributed by atoms with van der Waals surface area (Å²) in [5, 5.41) is 5.91. The van der Waals surface area contributed by atoms with E-state index in [1.165, 1.54) is 18.2 Å². The van der Waals surface area contributed by atoms with Crippen molar-refractivity contribution in [1.82, 2.24) is 15.6 Å². The average molecular weight is 500 g/mol. The Morgan fingerprint density at radius 2 is 1.67 bits per heavy atom. The van der Waals surface area contributed by atoms with Gasteiger partial charge in [-0.2, -0.15) is 17.6 Å². The molecule has 3 aromatic rings. The summed E-state index contributed by atoms with van der Waals surface area (Å²) in [5.74, 6) is -1.54. The Morgan fingerprint density at radius 3 is 2.42 bits per heavy atom. The maximum absolute atomic E-state index is 14.9. The topological polar surface area (TPSA) is 89.3 Å². The van der Waals surface area contributed by atoms with Gasteiger partial charge in [-0.1, -0.05) is 18.2 Å². The fourth-order valence-electron chi connectivity index (χ4n) is 4.65. The van der Waals surface area contributed by atoms with Gasteiger partial charge in [-0.05, 0) is 73.3 Å². The van der Waals surface area contributed by atoms with E-state index < -0.39 is 17.7 Å². The van der Waals surface area contributed by atoms with Crippen LogP contribution in [0.5, 0.6) is 5.75 Å². The van der Waals surface area contributed by atoms with Gasteiger partial charge in [-0.3, -0.25) is 4.79 Å². The molecule has 10 heteroatoms. The van der Waals surface area contributed by atoms with Crippen LogP contribution in [0.15, 0.2) is 42.5 Å². The van der Waals surface area contributed by atoms with E-state index in [4.69, 9.17) is 10.5 Å². The van der Waals surface area contributed by atoms with Crippen LogP contribution in [0.4, 0.5) is 23.4 Å². The minimum Gasteiger partial charge on any atom is -0.490 e. The lowest BCUT2D eigenvalue weighted by Gasteiger charge is -2.25. The number of anilines is 1. The second-order valence-corrected chi connectivity index (χ2v) is 8.91. The van der Waals surface area contributed by atoms with E-state index in [-0.39, 0.29) is 34.7 Å². The van der Waals surface area contributed by atoms with Crippen molar-refractivity contribution in [2.24, 2.45) is 0 Å². The zero-order valence-corrected chi connectivity index (χ0v) is 19.2. The summed E-state index contributed by atoms with van der Waals surface area (Å²) in [4.78, 5) is 15.8. The van der Waals surface area contributed by atoms with Crippen LogP contribution < -0.4 is 21.1 Å². The summed E-state index contributed by atoms with van der Waals surface area (Å²) < 4.78 is 62.4. The molecule has 0 aliphatic carbocycles. The van der Waals surface area contributed by atoms with Crippen molar-refractivity contribution >= 4 is 11.7 Å². The monoisotopic (exact) mass is 500 g/mol. The quantitative estimate of drug-likeness (QED) is 0.361. The van der Waals surface area contributed by atoms with Gasteiger partial charge < -0.3 is 21.1 Å². The number of rotatable bonds is 4. The molecule has 5 rings (SSSR count). The Bertz CT molecular complexity index is 1320. The van der Waals surface area contributed by atoms with E-state index in [0.717, 1.165) is 11.6 Å². The number of piperidine rings is 1. The number of fused-ring (bicyclic) bond motifs is 1. The van der Waals surface area contributed by atoms with Gasteiger partial charge in [-0.15, -0.1) is 0 Å². The third-order valence-corrected chi connectivity index (χ3v) is 6.52. The second-order valence-electron chi connectivity index (χ2n) is 8.91. The number of nitrogens with two attached hydrogens (primary N) is 1. The van der Waals surface area contributed by atoms with Gasteiger partial charge in [0.15, 0.2) is 0 Å². The van der Waals surface area contributed by atoms with Crippen LogP contribution in [0.1, 0.15) is 34.3 Å². The predicted molar refractivity (Wildman–Crippen MR) is 127 cm³/mol. The molecule has 2 aromatic carbocycles. The molecule has 36 heavy (non-hydrogen) atoms. The summed E-state index contributed by atoms with van der Waals surface area (Å²) in [6.45, 7) is 1.83. The minimum atomic E-state index is -4.70. The largest absolute Gasteiger partial charge is 0.490 e. The van der Waals surface area contributed by atoms with Gasteiger partial charge in [0.1, 0.15) is 17.7 Å². The van der Waals surface area contributed by atoms with Crippen molar-refractivity contribution < 1.29 is 27.1 Å². The van der Waals surface area contributed by atoms with Gasteiger partial charge >= 0.3 is 6.18 Å². The van der Waals surface area contributed by atoms with Crippen molar-refractivity contribution in [3.05, 3.63) is 65.1 Å². The van der Waals surface area contributed by atoms with Crippen molar-refractivity contribution in [1.29, 1.82) is 0 Å². The molecule has 0 atom stereocenters. The maximum Gasteiger partial charge on any atom is 0.419 e. The number of hydrogen-bond donors (Lipinski definition) is 3. The van der Waals surface area contributed by atoms with Crippen LogP contribution in [0.25, 0.3) is 22.3 Å². The Balaban J connectivity index is 1.54. The number of nitrogens with one attached hydrogen (secondary N) is 2. The SMILES string of the molecule is Nc1nc(F)c(-c2ccc(OC3CCNCC3)c(C(F)(F)F)c2)cc1-c1ccc2c(c1)CCNC2=O.